The van der Waals surface area contributed by atoms with Crippen LogP contribution in [0.1, 0.15) is 33.5 Å². The zero-order valence-corrected chi connectivity index (χ0v) is 15.2. The molecule has 0 aliphatic rings. The first-order chi connectivity index (χ1) is 13.5. The van der Waals surface area contributed by atoms with Crippen LogP contribution in [-0.4, -0.2) is 25.7 Å². The van der Waals surface area contributed by atoms with Crippen molar-refractivity contribution in [3.05, 3.63) is 65.2 Å². The monoisotopic (exact) mass is 371 g/mol. The minimum Gasteiger partial charge on any atom is -0.366 e. The highest BCUT2D eigenvalue weighted by Crippen LogP contribution is 2.12. The summed E-state index contributed by atoms with van der Waals surface area (Å²) in [5.41, 5.74) is 8.77. The molecule has 0 saturated heterocycles. The van der Waals surface area contributed by atoms with E-state index in [1.807, 2.05) is 13.0 Å². The summed E-state index contributed by atoms with van der Waals surface area (Å²) < 4.78 is 1.67. The van der Waals surface area contributed by atoms with Crippen LogP contribution in [0.5, 0.6) is 0 Å². The van der Waals surface area contributed by atoms with Gasteiger partial charge in [-0.05, 0) is 24.6 Å². The molecule has 8 heteroatoms. The molecule has 1 amide bonds. The minimum atomic E-state index is -0.488. The third-order valence-electron chi connectivity index (χ3n) is 3.86. The van der Waals surface area contributed by atoms with E-state index in [2.05, 4.69) is 38.3 Å². The van der Waals surface area contributed by atoms with Gasteiger partial charge < -0.3 is 11.1 Å². The zero-order chi connectivity index (χ0) is 19.9. The second kappa shape index (κ2) is 8.47. The first kappa shape index (κ1) is 18.6. The van der Waals surface area contributed by atoms with Crippen molar-refractivity contribution in [3.63, 3.8) is 0 Å². The quantitative estimate of drug-likeness (QED) is 0.663. The van der Waals surface area contributed by atoms with Crippen LogP contribution in [0.2, 0.25) is 0 Å². The number of nitriles is 1. The predicted molar refractivity (Wildman–Crippen MR) is 103 cm³/mol. The van der Waals surface area contributed by atoms with Gasteiger partial charge >= 0.3 is 0 Å². The Kier molecular flexibility index (Phi) is 5.63. The Morgan fingerprint density at radius 3 is 2.75 bits per heavy atom. The molecular formula is C20H17N7O. The fourth-order valence-electron chi connectivity index (χ4n) is 2.35. The van der Waals surface area contributed by atoms with Gasteiger partial charge in [0.15, 0.2) is 0 Å². The molecule has 0 aliphatic heterocycles. The summed E-state index contributed by atoms with van der Waals surface area (Å²) in [6.07, 6.45) is 7.03. The smallest absolute Gasteiger partial charge is 0.248 e. The number of primary amides is 1. The second-order valence-electron chi connectivity index (χ2n) is 5.96. The zero-order valence-electron chi connectivity index (χ0n) is 15.2. The Morgan fingerprint density at radius 1 is 1.25 bits per heavy atom. The van der Waals surface area contributed by atoms with Crippen molar-refractivity contribution in [3.8, 4) is 17.9 Å². The molecule has 0 unspecified atom stereocenters. The van der Waals surface area contributed by atoms with Crippen LogP contribution >= 0.6 is 0 Å². The number of aromatic nitrogens is 4. The summed E-state index contributed by atoms with van der Waals surface area (Å²) in [6, 6.07) is 7.23. The standard InChI is InChI=1S/C20H17N7O/c1-14-3-5-17(19(22)28)9-16(14)6-4-15-10-23-20(24-11-15)26-18-12-25-27(13-18)8-2-7-21/h3,5,9-13H,2,8H2,1H3,(H2,22,28)(H,23,24,26). The van der Waals surface area contributed by atoms with Crippen LogP contribution in [0.4, 0.5) is 11.6 Å². The Bertz CT molecular complexity index is 1100. The predicted octanol–water partition coefficient (Wildman–Crippen LogP) is 2.14. The van der Waals surface area contributed by atoms with Crippen molar-refractivity contribution >= 4 is 17.5 Å². The largest absolute Gasteiger partial charge is 0.366 e. The lowest BCUT2D eigenvalue weighted by molar-refractivity contribution is 0.1000. The van der Waals surface area contributed by atoms with Gasteiger partial charge in [-0.15, -0.1) is 0 Å². The van der Waals surface area contributed by atoms with E-state index in [-0.39, 0.29) is 0 Å². The van der Waals surface area contributed by atoms with Crippen molar-refractivity contribution in [1.29, 1.82) is 5.26 Å². The molecule has 2 aromatic heterocycles. The summed E-state index contributed by atoms with van der Waals surface area (Å²) in [5.74, 6) is 5.93. The fourth-order valence-corrected chi connectivity index (χ4v) is 2.35. The molecule has 3 N–H and O–H groups in total. The third-order valence-corrected chi connectivity index (χ3v) is 3.86. The maximum atomic E-state index is 11.3. The van der Waals surface area contributed by atoms with E-state index in [9.17, 15) is 4.79 Å². The number of nitrogens with two attached hydrogens (primary N) is 1. The average Bonchev–Trinajstić information content (AvgIpc) is 3.14. The SMILES string of the molecule is Cc1ccc(C(N)=O)cc1C#Cc1cnc(Nc2cnn(CCC#N)c2)nc1. The molecule has 138 valence electrons. The number of nitrogens with zero attached hydrogens (tertiary/aromatic N) is 5. The fraction of sp³-hybridized carbons (Fsp3) is 0.150. The summed E-state index contributed by atoms with van der Waals surface area (Å²) >= 11 is 0. The van der Waals surface area contributed by atoms with Crippen molar-refractivity contribution in [1.82, 2.24) is 19.7 Å². The summed E-state index contributed by atoms with van der Waals surface area (Å²) in [5, 5.41) is 15.8. The van der Waals surface area contributed by atoms with E-state index in [0.29, 0.717) is 30.0 Å². The van der Waals surface area contributed by atoms with Crippen LogP contribution < -0.4 is 11.1 Å². The van der Waals surface area contributed by atoms with Gasteiger partial charge in [0.2, 0.25) is 11.9 Å². The van der Waals surface area contributed by atoms with Gasteiger partial charge in [0.25, 0.3) is 0 Å². The van der Waals surface area contributed by atoms with Crippen molar-refractivity contribution in [2.75, 3.05) is 5.32 Å². The minimum absolute atomic E-state index is 0.396. The molecule has 0 bridgehead atoms. The molecule has 8 nitrogen and oxygen atoms in total. The number of hydrogen-bond donors (Lipinski definition) is 2. The number of rotatable bonds is 5. The van der Waals surface area contributed by atoms with Crippen LogP contribution in [0.3, 0.4) is 0 Å². The lowest BCUT2D eigenvalue weighted by Gasteiger charge is -2.01. The normalized spacial score (nSPS) is 9.86. The first-order valence-electron chi connectivity index (χ1n) is 8.46. The Labute approximate surface area is 162 Å². The van der Waals surface area contributed by atoms with Gasteiger partial charge in [-0.1, -0.05) is 17.9 Å². The number of anilines is 2. The van der Waals surface area contributed by atoms with Crippen molar-refractivity contribution < 1.29 is 4.79 Å². The molecular weight excluding hydrogens is 354 g/mol. The van der Waals surface area contributed by atoms with Gasteiger partial charge in [-0.3, -0.25) is 9.48 Å². The van der Waals surface area contributed by atoms with Gasteiger partial charge in [0.05, 0.1) is 36.5 Å². The van der Waals surface area contributed by atoms with Crippen LogP contribution in [-0.2, 0) is 6.54 Å². The first-order valence-corrected chi connectivity index (χ1v) is 8.46. The molecule has 3 rings (SSSR count). The lowest BCUT2D eigenvalue weighted by atomic mass is 10.0. The summed E-state index contributed by atoms with van der Waals surface area (Å²) in [4.78, 5) is 19.8. The number of carbonyl (C=O) groups is 1. The topological polar surface area (TPSA) is 123 Å². The summed E-state index contributed by atoms with van der Waals surface area (Å²) in [6.45, 7) is 2.44. The maximum Gasteiger partial charge on any atom is 0.248 e. The van der Waals surface area contributed by atoms with Gasteiger partial charge in [0.1, 0.15) is 0 Å². The van der Waals surface area contributed by atoms with Crippen LogP contribution in [0.15, 0.2) is 43.0 Å². The highest BCUT2D eigenvalue weighted by molar-refractivity contribution is 5.93. The van der Waals surface area contributed by atoms with Gasteiger partial charge in [0, 0.05) is 29.7 Å². The molecule has 0 atom stereocenters. The van der Waals surface area contributed by atoms with Crippen molar-refractivity contribution in [2.24, 2.45) is 5.73 Å². The van der Waals surface area contributed by atoms with Crippen molar-refractivity contribution in [2.45, 2.75) is 19.9 Å². The molecule has 1 aromatic carbocycles. The molecule has 0 aliphatic carbocycles. The Balaban J connectivity index is 1.70. The van der Waals surface area contributed by atoms with E-state index in [1.165, 1.54) is 0 Å². The molecule has 0 radical (unpaired) electrons. The maximum absolute atomic E-state index is 11.3. The highest BCUT2D eigenvalue weighted by Gasteiger charge is 2.04. The highest BCUT2D eigenvalue weighted by atomic mass is 16.1. The molecule has 3 aromatic rings. The number of hydrogen-bond acceptors (Lipinski definition) is 6. The van der Waals surface area contributed by atoms with Gasteiger partial charge in [-0.25, -0.2) is 9.97 Å². The van der Waals surface area contributed by atoms with E-state index < -0.39 is 5.91 Å². The molecule has 2 heterocycles. The number of benzene rings is 1. The summed E-state index contributed by atoms with van der Waals surface area (Å²) in [7, 11) is 0. The van der Waals surface area contributed by atoms with E-state index in [4.69, 9.17) is 11.0 Å². The number of nitrogens with one attached hydrogen (secondary N) is 1. The molecule has 28 heavy (non-hydrogen) atoms. The number of carbonyl (C=O) groups excluding carboxylic acids is 1. The van der Waals surface area contributed by atoms with E-state index in [0.717, 1.165) is 16.8 Å². The van der Waals surface area contributed by atoms with E-state index >= 15 is 0 Å². The molecule has 0 saturated carbocycles. The Morgan fingerprint density at radius 2 is 2.04 bits per heavy atom. The lowest BCUT2D eigenvalue weighted by Crippen LogP contribution is -2.11. The second-order valence-corrected chi connectivity index (χ2v) is 5.96. The Hall–Kier alpha value is -4.17. The third kappa shape index (κ3) is 4.71. The molecule has 0 fully saturated rings. The average molecular weight is 371 g/mol. The van der Waals surface area contributed by atoms with E-state index in [1.54, 1.807) is 41.6 Å². The van der Waals surface area contributed by atoms with Crippen LogP contribution in [0.25, 0.3) is 0 Å². The van der Waals surface area contributed by atoms with Gasteiger partial charge in [-0.2, -0.15) is 10.4 Å². The number of aryl methyl sites for hydroxylation is 2. The van der Waals surface area contributed by atoms with Crippen LogP contribution in [0, 0.1) is 30.1 Å². The number of amides is 1. The molecule has 0 spiro atoms.